The third-order valence-corrected chi connectivity index (χ3v) is 5.16. The number of rotatable bonds is 7. The van der Waals surface area contributed by atoms with Crippen molar-refractivity contribution in [3.05, 3.63) is 60.2 Å². The number of benzene rings is 2. The van der Waals surface area contributed by atoms with Gasteiger partial charge < -0.3 is 5.32 Å². The number of amides is 1. The zero-order valence-electron chi connectivity index (χ0n) is 16.0. The van der Waals surface area contributed by atoms with Crippen molar-refractivity contribution in [2.45, 2.75) is 6.54 Å². The van der Waals surface area contributed by atoms with E-state index < -0.39 is 10.0 Å². The Hall–Kier alpha value is -2.42. The Morgan fingerprint density at radius 1 is 0.893 bits per heavy atom. The van der Waals surface area contributed by atoms with Gasteiger partial charge in [0.05, 0.1) is 12.8 Å². The van der Waals surface area contributed by atoms with E-state index in [2.05, 4.69) is 44.1 Å². The summed E-state index contributed by atoms with van der Waals surface area (Å²) in [5, 5.41) is 2.86. The maximum atomic E-state index is 12.3. The van der Waals surface area contributed by atoms with E-state index in [1.165, 1.54) is 5.56 Å². The van der Waals surface area contributed by atoms with Gasteiger partial charge in [-0.05, 0) is 29.8 Å². The van der Waals surface area contributed by atoms with E-state index in [0.29, 0.717) is 17.9 Å². The highest BCUT2D eigenvalue weighted by atomic mass is 32.2. The third-order valence-electron chi connectivity index (χ3n) is 4.55. The zero-order chi connectivity index (χ0) is 20.0. The van der Waals surface area contributed by atoms with Crippen LogP contribution in [0.4, 0.5) is 11.4 Å². The van der Waals surface area contributed by atoms with Gasteiger partial charge in [-0.1, -0.05) is 30.3 Å². The molecule has 0 unspecified atom stereocenters. The van der Waals surface area contributed by atoms with Crippen LogP contribution in [0.2, 0.25) is 0 Å². The van der Waals surface area contributed by atoms with E-state index in [1.54, 1.807) is 24.3 Å². The molecule has 1 fully saturated rings. The van der Waals surface area contributed by atoms with Crippen molar-refractivity contribution in [1.29, 1.82) is 0 Å². The van der Waals surface area contributed by atoms with Crippen LogP contribution in [0.15, 0.2) is 54.6 Å². The first-order valence-corrected chi connectivity index (χ1v) is 11.1. The average Bonchev–Trinajstić information content (AvgIpc) is 2.65. The van der Waals surface area contributed by atoms with E-state index in [0.717, 1.165) is 39.0 Å². The Kier molecular flexibility index (Phi) is 6.66. The molecule has 3 rings (SSSR count). The molecule has 0 aliphatic carbocycles. The molecule has 8 heteroatoms. The van der Waals surface area contributed by atoms with Crippen LogP contribution in [-0.4, -0.2) is 63.1 Å². The number of nitrogens with one attached hydrogen (secondary N) is 2. The molecule has 150 valence electrons. The van der Waals surface area contributed by atoms with Gasteiger partial charge in [-0.3, -0.25) is 19.3 Å². The molecule has 0 radical (unpaired) electrons. The van der Waals surface area contributed by atoms with Crippen LogP contribution in [0.5, 0.6) is 0 Å². The molecule has 0 aromatic heterocycles. The summed E-state index contributed by atoms with van der Waals surface area (Å²) in [5.41, 5.74) is 2.42. The summed E-state index contributed by atoms with van der Waals surface area (Å²) in [6, 6.07) is 17.0. The second-order valence-electron chi connectivity index (χ2n) is 7.04. The van der Waals surface area contributed by atoms with Gasteiger partial charge in [0, 0.05) is 44.1 Å². The van der Waals surface area contributed by atoms with E-state index in [4.69, 9.17) is 0 Å². The van der Waals surface area contributed by atoms with Crippen molar-refractivity contribution in [3.63, 3.8) is 0 Å². The lowest BCUT2D eigenvalue weighted by molar-refractivity contribution is -0.117. The molecular formula is C20H26N4O3S. The summed E-state index contributed by atoms with van der Waals surface area (Å²) < 4.78 is 24.8. The van der Waals surface area contributed by atoms with Gasteiger partial charge in [-0.25, -0.2) is 8.42 Å². The van der Waals surface area contributed by atoms with Crippen LogP contribution < -0.4 is 10.0 Å². The molecule has 0 atom stereocenters. The molecule has 1 aliphatic rings. The number of sulfonamides is 1. The molecule has 1 aliphatic heterocycles. The minimum Gasteiger partial charge on any atom is -0.325 e. The van der Waals surface area contributed by atoms with Crippen molar-refractivity contribution in [1.82, 2.24) is 9.80 Å². The zero-order valence-corrected chi connectivity index (χ0v) is 16.8. The minimum atomic E-state index is -3.30. The molecule has 1 amide bonds. The van der Waals surface area contributed by atoms with Crippen LogP contribution in [0.3, 0.4) is 0 Å². The fourth-order valence-corrected chi connectivity index (χ4v) is 3.75. The van der Waals surface area contributed by atoms with Crippen LogP contribution in [0.1, 0.15) is 5.56 Å². The van der Waals surface area contributed by atoms with Crippen molar-refractivity contribution >= 4 is 27.3 Å². The minimum absolute atomic E-state index is 0.0691. The molecular weight excluding hydrogens is 376 g/mol. The standard InChI is InChI=1S/C20H26N4O3S/c1-28(26,27)22-19-9-7-18(8-10-19)21-20(25)16-24-13-11-23(12-14-24)15-17-5-3-2-4-6-17/h2-10,22H,11-16H2,1H3,(H,21,25). The van der Waals surface area contributed by atoms with Gasteiger partial charge in [0.1, 0.15) is 0 Å². The molecule has 28 heavy (non-hydrogen) atoms. The molecule has 0 spiro atoms. The topological polar surface area (TPSA) is 81.8 Å². The van der Waals surface area contributed by atoms with E-state index >= 15 is 0 Å². The predicted molar refractivity (Wildman–Crippen MR) is 112 cm³/mol. The molecule has 2 aromatic carbocycles. The van der Waals surface area contributed by atoms with Gasteiger partial charge in [-0.2, -0.15) is 0 Å². The van der Waals surface area contributed by atoms with E-state index in [1.807, 2.05) is 6.07 Å². The molecule has 1 heterocycles. The van der Waals surface area contributed by atoms with Crippen molar-refractivity contribution in [3.8, 4) is 0 Å². The number of nitrogens with zero attached hydrogens (tertiary/aromatic N) is 2. The number of carbonyl (C=O) groups excluding carboxylic acids is 1. The second kappa shape index (κ2) is 9.18. The first-order valence-electron chi connectivity index (χ1n) is 9.24. The lowest BCUT2D eigenvalue weighted by Crippen LogP contribution is -2.48. The fourth-order valence-electron chi connectivity index (χ4n) is 3.19. The summed E-state index contributed by atoms with van der Waals surface area (Å²) in [6.07, 6.45) is 1.10. The summed E-state index contributed by atoms with van der Waals surface area (Å²) in [4.78, 5) is 16.8. The normalized spacial score (nSPS) is 15.9. The quantitative estimate of drug-likeness (QED) is 0.738. The van der Waals surface area contributed by atoms with Crippen LogP contribution >= 0.6 is 0 Å². The average molecular weight is 403 g/mol. The maximum Gasteiger partial charge on any atom is 0.238 e. The summed E-state index contributed by atoms with van der Waals surface area (Å²) in [5.74, 6) is -0.0691. The first kappa shape index (κ1) is 20.3. The number of piperazine rings is 1. The second-order valence-corrected chi connectivity index (χ2v) is 8.79. The Bertz CT molecular complexity index is 877. The number of carbonyl (C=O) groups is 1. The van der Waals surface area contributed by atoms with Gasteiger partial charge in [-0.15, -0.1) is 0 Å². The van der Waals surface area contributed by atoms with Gasteiger partial charge in [0.15, 0.2) is 0 Å². The first-order chi connectivity index (χ1) is 13.4. The molecule has 2 aromatic rings. The van der Waals surface area contributed by atoms with Crippen molar-refractivity contribution in [2.24, 2.45) is 0 Å². The Balaban J connectivity index is 1.42. The molecule has 1 saturated heterocycles. The SMILES string of the molecule is CS(=O)(=O)Nc1ccc(NC(=O)CN2CCN(Cc3ccccc3)CC2)cc1. The monoisotopic (exact) mass is 402 g/mol. The van der Waals surface area contributed by atoms with Crippen molar-refractivity contribution in [2.75, 3.05) is 49.0 Å². The van der Waals surface area contributed by atoms with Crippen LogP contribution in [0, 0.1) is 0 Å². The van der Waals surface area contributed by atoms with Gasteiger partial charge in [0.2, 0.25) is 15.9 Å². The summed E-state index contributed by atoms with van der Waals surface area (Å²) >= 11 is 0. The Morgan fingerprint density at radius 2 is 1.46 bits per heavy atom. The number of anilines is 2. The smallest absolute Gasteiger partial charge is 0.238 e. The molecule has 2 N–H and O–H groups in total. The van der Waals surface area contributed by atoms with Crippen LogP contribution in [0.25, 0.3) is 0 Å². The fraction of sp³-hybridized carbons (Fsp3) is 0.350. The van der Waals surface area contributed by atoms with E-state index in [-0.39, 0.29) is 5.91 Å². The van der Waals surface area contributed by atoms with Gasteiger partial charge in [0.25, 0.3) is 0 Å². The molecule has 0 saturated carbocycles. The highest BCUT2D eigenvalue weighted by Gasteiger charge is 2.19. The van der Waals surface area contributed by atoms with E-state index in [9.17, 15) is 13.2 Å². The molecule has 0 bridgehead atoms. The third kappa shape index (κ3) is 6.63. The highest BCUT2D eigenvalue weighted by molar-refractivity contribution is 7.92. The summed E-state index contributed by atoms with van der Waals surface area (Å²) in [6.45, 7) is 4.88. The van der Waals surface area contributed by atoms with Gasteiger partial charge >= 0.3 is 0 Å². The number of hydrogen-bond donors (Lipinski definition) is 2. The Morgan fingerprint density at radius 3 is 2.07 bits per heavy atom. The van der Waals surface area contributed by atoms with Crippen molar-refractivity contribution < 1.29 is 13.2 Å². The molecule has 7 nitrogen and oxygen atoms in total. The highest BCUT2D eigenvalue weighted by Crippen LogP contribution is 2.15. The lowest BCUT2D eigenvalue weighted by atomic mass is 10.2. The Labute approximate surface area is 166 Å². The maximum absolute atomic E-state index is 12.3. The largest absolute Gasteiger partial charge is 0.325 e. The predicted octanol–water partition coefficient (Wildman–Crippen LogP) is 1.81. The lowest BCUT2D eigenvalue weighted by Gasteiger charge is -2.34. The van der Waals surface area contributed by atoms with Crippen LogP contribution in [-0.2, 0) is 21.4 Å². The summed E-state index contributed by atoms with van der Waals surface area (Å²) in [7, 11) is -3.30. The number of hydrogen-bond acceptors (Lipinski definition) is 5.